The molecule has 4 aromatic carbocycles. The Kier molecular flexibility index (Phi) is 9.76. The van der Waals surface area contributed by atoms with Gasteiger partial charge in [-0.15, -0.1) is 0 Å². The molecule has 0 aromatic heterocycles. The van der Waals surface area contributed by atoms with E-state index in [1.54, 1.807) is 24.3 Å². The van der Waals surface area contributed by atoms with Crippen molar-refractivity contribution in [2.24, 2.45) is 11.8 Å². The van der Waals surface area contributed by atoms with Gasteiger partial charge in [0.25, 0.3) is 0 Å². The van der Waals surface area contributed by atoms with Crippen LogP contribution in [0.2, 0.25) is 0 Å². The van der Waals surface area contributed by atoms with Gasteiger partial charge in [0, 0.05) is 44.8 Å². The van der Waals surface area contributed by atoms with Crippen LogP contribution < -0.4 is 10.6 Å². The number of fused-ring (bicyclic) bond motifs is 2. The lowest BCUT2D eigenvalue weighted by atomic mass is 9.96. The first-order valence-electron chi connectivity index (χ1n) is 16.9. The Bertz CT molecular complexity index is 1910. The fraction of sp³-hybridized carbons (Fsp3) is 0.244. The number of ketones is 5. The summed E-state index contributed by atoms with van der Waals surface area (Å²) in [6, 6.07) is 22.5. The molecule has 0 saturated carbocycles. The van der Waals surface area contributed by atoms with E-state index in [0.717, 1.165) is 49.7 Å². The highest BCUT2D eigenvalue weighted by Crippen LogP contribution is 2.32. The van der Waals surface area contributed by atoms with Gasteiger partial charge in [0.05, 0.1) is 0 Å². The normalized spacial score (nSPS) is 16.3. The number of aryl methyl sites for hydroxylation is 2. The fourth-order valence-electron chi connectivity index (χ4n) is 6.41. The Morgan fingerprint density at radius 1 is 0.500 bits per heavy atom. The molecule has 4 aromatic rings. The molecule has 9 heteroatoms. The molecule has 2 N–H and O–H groups in total. The summed E-state index contributed by atoms with van der Waals surface area (Å²) in [7, 11) is 0. The molecule has 9 nitrogen and oxygen atoms in total. The number of hydrogen-bond acceptors (Lipinski definition) is 7. The highest BCUT2D eigenvalue weighted by molar-refractivity contribution is 6.38. The van der Waals surface area contributed by atoms with Crippen LogP contribution in [0.3, 0.4) is 0 Å². The molecule has 2 aliphatic carbocycles. The van der Waals surface area contributed by atoms with E-state index < -0.39 is 52.6 Å². The van der Waals surface area contributed by atoms with Gasteiger partial charge in [0.15, 0.2) is 40.8 Å². The van der Waals surface area contributed by atoms with Crippen molar-refractivity contribution in [1.82, 2.24) is 0 Å². The second-order valence-corrected chi connectivity index (χ2v) is 12.8. The van der Waals surface area contributed by atoms with Crippen LogP contribution in [0.25, 0.3) is 0 Å². The zero-order valence-corrected chi connectivity index (χ0v) is 27.8. The molecule has 0 heterocycles. The summed E-state index contributed by atoms with van der Waals surface area (Å²) in [5.41, 5.74) is 3.27. The maximum atomic E-state index is 13.6. The summed E-state index contributed by atoms with van der Waals surface area (Å²) in [4.78, 5) is 92.7. The van der Waals surface area contributed by atoms with E-state index in [1.807, 2.05) is 24.3 Å². The minimum Gasteiger partial charge on any atom is -0.325 e. The van der Waals surface area contributed by atoms with Crippen molar-refractivity contribution in [1.29, 1.82) is 0 Å². The molecule has 0 aliphatic heterocycles. The number of hydrogen-bond donors (Lipinski definition) is 2. The predicted molar refractivity (Wildman–Crippen MR) is 188 cm³/mol. The number of benzene rings is 4. The summed E-state index contributed by atoms with van der Waals surface area (Å²) < 4.78 is 0. The molecule has 6 rings (SSSR count). The van der Waals surface area contributed by atoms with E-state index in [0.29, 0.717) is 11.4 Å². The largest absolute Gasteiger partial charge is 0.325 e. The average molecular weight is 669 g/mol. The number of unbranched alkanes of at least 4 members (excludes halogenated alkanes) is 2. The first-order valence-corrected chi connectivity index (χ1v) is 16.9. The van der Waals surface area contributed by atoms with Crippen molar-refractivity contribution in [2.75, 3.05) is 10.6 Å². The second kappa shape index (κ2) is 14.3. The molecule has 2 aliphatic rings. The van der Waals surface area contributed by atoms with Gasteiger partial charge in [-0.25, -0.2) is 0 Å². The Balaban J connectivity index is 1.15. The first-order chi connectivity index (χ1) is 24.1. The van der Waals surface area contributed by atoms with Gasteiger partial charge in [0.2, 0.25) is 11.8 Å². The molecule has 252 valence electrons. The minimum atomic E-state index is -1.58. The minimum absolute atomic E-state index is 0.0424. The van der Waals surface area contributed by atoms with E-state index in [9.17, 15) is 33.6 Å². The Morgan fingerprint density at radius 2 is 0.860 bits per heavy atom. The fourth-order valence-corrected chi connectivity index (χ4v) is 6.41. The van der Waals surface area contributed by atoms with Gasteiger partial charge in [-0.1, -0.05) is 63.1 Å². The van der Waals surface area contributed by atoms with E-state index >= 15 is 0 Å². The number of carbonyl (C=O) groups is 7. The molecule has 50 heavy (non-hydrogen) atoms. The molecule has 0 bridgehead atoms. The van der Waals surface area contributed by atoms with Crippen LogP contribution in [0.5, 0.6) is 0 Å². The van der Waals surface area contributed by atoms with Crippen LogP contribution in [0.4, 0.5) is 11.4 Å². The van der Waals surface area contributed by atoms with Crippen LogP contribution in [-0.4, -0.2) is 40.7 Å². The van der Waals surface area contributed by atoms with Crippen molar-refractivity contribution in [3.05, 3.63) is 129 Å². The number of anilines is 2. The van der Waals surface area contributed by atoms with Crippen LogP contribution in [0.15, 0.2) is 84.9 Å². The SMILES string of the molecule is CCCCc1ccc(NC(=O)C2C(=O)c3ccc(C(=O)c4ccc5c(c4)C(=O)C(C(=O)Nc4ccc(CCCC)cc4)C5=O)cc3C2=O)cc1. The molecule has 2 atom stereocenters. The van der Waals surface area contributed by atoms with Crippen LogP contribution >= 0.6 is 0 Å². The van der Waals surface area contributed by atoms with Gasteiger partial charge in [-0.2, -0.15) is 0 Å². The molecule has 0 saturated heterocycles. The third-order valence-corrected chi connectivity index (χ3v) is 9.28. The van der Waals surface area contributed by atoms with Crippen LogP contribution in [0, 0.1) is 11.8 Å². The molecular weight excluding hydrogens is 632 g/mol. The summed E-state index contributed by atoms with van der Waals surface area (Å²) in [5, 5.41) is 5.31. The quantitative estimate of drug-likeness (QED) is 0.124. The lowest BCUT2D eigenvalue weighted by Gasteiger charge is -2.09. The molecule has 0 spiro atoms. The van der Waals surface area contributed by atoms with Crippen LogP contribution in [0.1, 0.15) is 108 Å². The van der Waals surface area contributed by atoms with E-state index in [-0.39, 0.29) is 33.4 Å². The van der Waals surface area contributed by atoms with Gasteiger partial charge >= 0.3 is 0 Å². The molecular formula is C41H36N2O7. The summed E-state index contributed by atoms with van der Waals surface area (Å²) in [5.74, 6) is -7.97. The van der Waals surface area contributed by atoms with Crippen LogP contribution in [-0.2, 0) is 22.4 Å². The van der Waals surface area contributed by atoms with Gasteiger partial charge in [-0.05, 0) is 85.3 Å². The van der Waals surface area contributed by atoms with E-state index in [1.165, 1.54) is 36.4 Å². The maximum Gasteiger partial charge on any atom is 0.243 e. The number of carbonyl (C=O) groups excluding carboxylic acids is 7. The first kappa shape index (κ1) is 34.0. The van der Waals surface area contributed by atoms with Gasteiger partial charge < -0.3 is 10.6 Å². The zero-order chi connectivity index (χ0) is 35.5. The maximum absolute atomic E-state index is 13.6. The monoisotopic (exact) mass is 668 g/mol. The lowest BCUT2D eigenvalue weighted by molar-refractivity contribution is -0.118. The van der Waals surface area contributed by atoms with E-state index in [4.69, 9.17) is 0 Å². The van der Waals surface area contributed by atoms with Crippen molar-refractivity contribution in [2.45, 2.75) is 52.4 Å². The van der Waals surface area contributed by atoms with Crippen molar-refractivity contribution in [3.8, 4) is 0 Å². The summed E-state index contributed by atoms with van der Waals surface area (Å²) in [6.07, 6.45) is 6.01. The highest BCUT2D eigenvalue weighted by atomic mass is 16.2. The van der Waals surface area contributed by atoms with Crippen molar-refractivity contribution >= 4 is 52.1 Å². The zero-order valence-electron chi connectivity index (χ0n) is 27.8. The highest BCUT2D eigenvalue weighted by Gasteiger charge is 2.45. The Hall–Kier alpha value is -5.83. The Morgan fingerprint density at radius 3 is 1.22 bits per heavy atom. The number of amides is 2. The number of nitrogens with one attached hydrogen (secondary N) is 2. The van der Waals surface area contributed by atoms with Crippen molar-refractivity contribution in [3.63, 3.8) is 0 Å². The summed E-state index contributed by atoms with van der Waals surface area (Å²) in [6.45, 7) is 4.21. The average Bonchev–Trinajstić information content (AvgIpc) is 3.53. The topological polar surface area (TPSA) is 144 Å². The van der Waals surface area contributed by atoms with Crippen molar-refractivity contribution < 1.29 is 33.6 Å². The Labute approximate surface area is 289 Å². The third kappa shape index (κ3) is 6.59. The van der Waals surface area contributed by atoms with Gasteiger partial charge in [0.1, 0.15) is 0 Å². The molecule has 0 fully saturated rings. The standard InChI is InChI=1S/C41H36N2O7/c1-3-5-7-23-9-15-27(16-10-23)42-40(49)33-36(45)29-19-13-25(21-31(29)38(33)47)35(44)26-14-20-30-32(22-26)39(48)34(37(30)46)41(50)43-28-17-11-24(12-18-28)8-6-4-2/h9-22,33-34H,3-8H2,1-2H3,(H,42,49)(H,43,50). The van der Waals surface area contributed by atoms with E-state index in [2.05, 4.69) is 24.5 Å². The van der Waals surface area contributed by atoms with Gasteiger partial charge in [-0.3, -0.25) is 33.6 Å². The second-order valence-electron chi connectivity index (χ2n) is 12.8. The number of Topliss-reactive ketones (excluding diaryl/α,β-unsaturated/α-hetero) is 4. The smallest absolute Gasteiger partial charge is 0.243 e. The predicted octanol–water partition coefficient (Wildman–Crippen LogP) is 6.87. The summed E-state index contributed by atoms with van der Waals surface area (Å²) >= 11 is 0. The lowest BCUT2D eigenvalue weighted by Crippen LogP contribution is -2.31. The molecule has 0 radical (unpaired) electrons. The molecule has 2 unspecified atom stereocenters. The molecule has 2 amide bonds. The third-order valence-electron chi connectivity index (χ3n) is 9.28. The number of rotatable bonds is 12.